The van der Waals surface area contributed by atoms with E-state index in [4.69, 9.17) is 14.1 Å². The minimum absolute atomic E-state index is 0. The van der Waals surface area contributed by atoms with Crippen molar-refractivity contribution in [2.24, 2.45) is 0 Å². The zero-order valence-corrected chi connectivity index (χ0v) is 39.6. The first kappa shape index (κ1) is 40.4. The predicted octanol–water partition coefficient (Wildman–Crippen LogP) is 15.8. The van der Waals surface area contributed by atoms with Gasteiger partial charge in [-0.3, -0.25) is 9.55 Å². The van der Waals surface area contributed by atoms with Crippen LogP contribution in [0.15, 0.2) is 164 Å². The van der Waals surface area contributed by atoms with Crippen molar-refractivity contribution in [1.29, 1.82) is 0 Å². The van der Waals surface area contributed by atoms with Crippen LogP contribution in [0.3, 0.4) is 0 Å². The summed E-state index contributed by atoms with van der Waals surface area (Å²) < 4.78 is 28.2. The first-order valence-corrected chi connectivity index (χ1v) is 21.8. The summed E-state index contributed by atoms with van der Waals surface area (Å²) in [6, 6.07) is 56.8. The topological polar surface area (TPSA) is 50.9 Å². The van der Waals surface area contributed by atoms with Crippen LogP contribution in [-0.2, 0) is 26.5 Å². The van der Waals surface area contributed by atoms with E-state index in [1.165, 1.54) is 5.56 Å². The molecule has 0 saturated heterocycles. The number of para-hydroxylation sites is 1. The van der Waals surface area contributed by atoms with Crippen molar-refractivity contribution in [3.8, 4) is 78.6 Å². The Morgan fingerprint density at radius 2 is 1.27 bits per heavy atom. The van der Waals surface area contributed by atoms with E-state index in [-0.39, 0.29) is 49.6 Å². The van der Waals surface area contributed by atoms with Gasteiger partial charge in [0.15, 0.2) is 0 Å². The van der Waals surface area contributed by atoms with E-state index in [1.807, 2.05) is 83.6 Å². The van der Waals surface area contributed by atoms with Crippen LogP contribution in [0.2, 0.25) is 0 Å². The van der Waals surface area contributed by atoms with Crippen LogP contribution >= 0.6 is 0 Å². The van der Waals surface area contributed by atoms with Crippen molar-refractivity contribution in [1.82, 2.24) is 14.5 Å². The van der Waals surface area contributed by atoms with Gasteiger partial charge in [-0.15, -0.1) is 29.3 Å². The molecule has 0 bridgehead atoms. The zero-order valence-electron chi connectivity index (χ0n) is 40.3. The molecule has 0 atom stereocenters. The van der Waals surface area contributed by atoms with E-state index in [0.29, 0.717) is 28.2 Å². The molecule has 1 N–H and O–H groups in total. The smallest absolute Gasteiger partial charge is 0.148 e. The van der Waals surface area contributed by atoms with Crippen LogP contribution in [0.25, 0.3) is 83.9 Å². The number of fused-ring (bicyclic) bond motifs is 1. The van der Waals surface area contributed by atoms with E-state index in [0.717, 1.165) is 66.8 Å². The molecule has 0 aliphatic heterocycles. The first-order valence-electron chi connectivity index (χ1n) is 23.3. The molecule has 9 rings (SSSR count). The Morgan fingerprint density at radius 1 is 0.609 bits per heavy atom. The molecule has 2 aromatic heterocycles. The van der Waals surface area contributed by atoms with Gasteiger partial charge in [-0.05, 0) is 105 Å². The van der Waals surface area contributed by atoms with Crippen LogP contribution in [-0.4, -0.2) is 19.6 Å². The van der Waals surface area contributed by atoms with Gasteiger partial charge in [0, 0.05) is 42.8 Å². The fourth-order valence-corrected chi connectivity index (χ4v) is 8.45. The Kier molecular flexibility index (Phi) is 11.4. The number of phenolic OH excluding ortho intramolecular Hbond substituents is 1. The predicted molar refractivity (Wildman–Crippen MR) is 264 cm³/mol. The van der Waals surface area contributed by atoms with E-state index in [2.05, 4.69) is 133 Å². The molecule has 0 radical (unpaired) electrons. The number of aryl methyl sites for hydroxylation is 1. The molecule has 9 aromatic rings. The standard InChI is InChI=1S/C59H54N3O.Pt/c1-37(2)45-34-52(38(3)4)57(63)53(35-45)58-61-56-51(20-15-21-55(56)62(58)49-26-27-50(39(5)30-49)43-18-13-10-14-19-43)46-31-47(33-48(32-46)59(6,7)8)54-36-44(28-29-60-54)42-24-22-41(23-25-42)40-16-11-9-12-17-40;/h9-30,32-38,63H,1-8H3;/q-1;/i5D3;. The molecule has 2 heterocycles. The van der Waals surface area contributed by atoms with Crippen molar-refractivity contribution in [2.75, 3.05) is 0 Å². The van der Waals surface area contributed by atoms with E-state index in [1.54, 1.807) is 6.07 Å². The second kappa shape index (κ2) is 18.0. The Hall–Kier alpha value is -6.35. The van der Waals surface area contributed by atoms with E-state index < -0.39 is 6.85 Å². The second-order valence-electron chi connectivity index (χ2n) is 18.2. The van der Waals surface area contributed by atoms with Gasteiger partial charge >= 0.3 is 0 Å². The summed E-state index contributed by atoms with van der Waals surface area (Å²) in [6.45, 7) is 12.7. The van der Waals surface area contributed by atoms with Gasteiger partial charge in [0.2, 0.25) is 0 Å². The second-order valence-corrected chi connectivity index (χ2v) is 18.2. The average Bonchev–Trinajstić information content (AvgIpc) is 3.71. The SMILES string of the molecule is [2H]C([2H])([2H])c1cc(-n2c(-c3cc(C(C)C)cc(C(C)C)c3O)nc3c(-c4[c-]c(-c5cc(-c6ccc(-c7ccccc7)cc6)ccn5)cc(C(C)(C)C)c4)cccc32)ccc1-c1ccccc1.[Pt]. The van der Waals surface area contributed by atoms with Crippen molar-refractivity contribution in [3.05, 3.63) is 192 Å². The van der Waals surface area contributed by atoms with Crippen LogP contribution in [0.4, 0.5) is 0 Å². The molecule has 0 unspecified atom stereocenters. The summed E-state index contributed by atoms with van der Waals surface area (Å²) in [6.07, 6.45) is 1.86. The summed E-state index contributed by atoms with van der Waals surface area (Å²) in [5.74, 6) is 0.894. The van der Waals surface area contributed by atoms with E-state index in [9.17, 15) is 5.11 Å². The number of pyridine rings is 1. The van der Waals surface area contributed by atoms with Gasteiger partial charge in [0.25, 0.3) is 0 Å². The third kappa shape index (κ3) is 8.65. The molecule has 4 nitrogen and oxygen atoms in total. The molecular formula is C59H54N3OPt-. The fraction of sp³-hybridized carbons (Fsp3) is 0.186. The molecule has 0 amide bonds. The maximum atomic E-state index is 12.2. The zero-order chi connectivity index (χ0) is 46.5. The molecule has 64 heavy (non-hydrogen) atoms. The number of nitrogens with zero attached hydrogens (tertiary/aromatic N) is 3. The number of benzene rings is 7. The van der Waals surface area contributed by atoms with Gasteiger partial charge in [-0.2, -0.15) is 0 Å². The Morgan fingerprint density at radius 3 is 1.92 bits per heavy atom. The molecule has 0 aliphatic rings. The summed E-state index contributed by atoms with van der Waals surface area (Å²) in [5, 5.41) is 12.2. The Balaban J connectivity index is 0.00000608. The number of phenols is 1. The molecule has 0 saturated carbocycles. The minimum atomic E-state index is -2.41. The molecule has 0 spiro atoms. The minimum Gasteiger partial charge on any atom is -0.507 e. The molecule has 322 valence electrons. The van der Waals surface area contributed by atoms with Crippen LogP contribution < -0.4 is 0 Å². The maximum Gasteiger partial charge on any atom is 0.148 e. The Bertz CT molecular complexity index is 3220. The van der Waals surface area contributed by atoms with Gasteiger partial charge in [0.1, 0.15) is 11.6 Å². The quantitative estimate of drug-likeness (QED) is 0.147. The van der Waals surface area contributed by atoms with Crippen molar-refractivity contribution in [3.63, 3.8) is 0 Å². The number of hydrogen-bond donors (Lipinski definition) is 1. The monoisotopic (exact) mass is 1020 g/mol. The van der Waals surface area contributed by atoms with Crippen molar-refractivity contribution in [2.45, 2.75) is 72.6 Å². The maximum absolute atomic E-state index is 12.2. The van der Waals surface area contributed by atoms with Gasteiger partial charge in [-0.1, -0.05) is 175 Å². The molecule has 0 aliphatic carbocycles. The van der Waals surface area contributed by atoms with Gasteiger partial charge in [-0.25, -0.2) is 4.98 Å². The van der Waals surface area contributed by atoms with Crippen LogP contribution in [0.5, 0.6) is 5.75 Å². The molecular weight excluding hydrogens is 962 g/mol. The third-order valence-corrected chi connectivity index (χ3v) is 12.1. The molecule has 0 fully saturated rings. The Labute approximate surface area is 397 Å². The van der Waals surface area contributed by atoms with Crippen LogP contribution in [0, 0.1) is 12.9 Å². The first-order chi connectivity index (χ1) is 31.5. The van der Waals surface area contributed by atoms with E-state index >= 15 is 0 Å². The number of imidazole rings is 1. The van der Waals surface area contributed by atoms with Gasteiger partial charge < -0.3 is 5.11 Å². The average molecular weight is 1020 g/mol. The number of rotatable bonds is 9. The van der Waals surface area contributed by atoms with Crippen molar-refractivity contribution >= 4 is 11.0 Å². The van der Waals surface area contributed by atoms with Gasteiger partial charge in [0.05, 0.1) is 16.6 Å². The number of aromatic nitrogens is 3. The summed E-state index contributed by atoms with van der Waals surface area (Å²) in [5.41, 5.74) is 15.0. The summed E-state index contributed by atoms with van der Waals surface area (Å²) in [7, 11) is 0. The fourth-order valence-electron chi connectivity index (χ4n) is 8.45. The van der Waals surface area contributed by atoms with Crippen LogP contribution in [0.1, 0.15) is 86.7 Å². The normalized spacial score (nSPS) is 12.5. The van der Waals surface area contributed by atoms with Crippen molar-refractivity contribution < 1.29 is 30.3 Å². The number of hydrogen-bond acceptors (Lipinski definition) is 3. The molecule has 7 aromatic carbocycles. The summed E-state index contributed by atoms with van der Waals surface area (Å²) >= 11 is 0. The largest absolute Gasteiger partial charge is 0.507 e. The third-order valence-electron chi connectivity index (χ3n) is 12.1. The molecule has 5 heteroatoms. The summed E-state index contributed by atoms with van der Waals surface area (Å²) in [4.78, 5) is 10.4. The number of aromatic hydroxyl groups is 1.